The Balaban J connectivity index is 2.04. The summed E-state index contributed by atoms with van der Waals surface area (Å²) in [4.78, 5) is 11.7. The average Bonchev–Trinajstić information content (AvgIpc) is 2.74. The number of carbonyl (C=O) groups is 1. The molecule has 0 spiro atoms. The summed E-state index contributed by atoms with van der Waals surface area (Å²) in [5.74, 6) is 0.765. The quantitative estimate of drug-likeness (QED) is 0.900. The molecule has 0 bridgehead atoms. The van der Waals surface area contributed by atoms with Gasteiger partial charge in [0.05, 0.1) is 5.60 Å². The molecule has 0 radical (unpaired) electrons. The lowest BCUT2D eigenvalue weighted by molar-refractivity contribution is -0.120. The maximum atomic E-state index is 11.7. The summed E-state index contributed by atoms with van der Waals surface area (Å²) >= 11 is 0. The molecule has 0 aliphatic heterocycles. The summed E-state index contributed by atoms with van der Waals surface area (Å²) in [6, 6.07) is 8.36. The lowest BCUT2D eigenvalue weighted by Gasteiger charge is -2.26. The van der Waals surface area contributed by atoms with Crippen molar-refractivity contribution in [3.05, 3.63) is 35.4 Å². The van der Waals surface area contributed by atoms with Gasteiger partial charge in [-0.05, 0) is 44.2 Å². The van der Waals surface area contributed by atoms with Gasteiger partial charge in [-0.1, -0.05) is 31.2 Å². The number of aliphatic hydroxyl groups is 1. The van der Waals surface area contributed by atoms with Gasteiger partial charge in [-0.2, -0.15) is 0 Å². The van der Waals surface area contributed by atoms with Crippen LogP contribution in [0.3, 0.4) is 0 Å². The summed E-state index contributed by atoms with van der Waals surface area (Å²) in [6.07, 6.45) is 3.73. The topological polar surface area (TPSA) is 37.3 Å². The van der Waals surface area contributed by atoms with Crippen LogP contribution in [-0.2, 0) is 11.2 Å². The van der Waals surface area contributed by atoms with Crippen LogP contribution in [0.25, 0.3) is 0 Å². The second-order valence-corrected chi connectivity index (χ2v) is 6.38. The van der Waals surface area contributed by atoms with E-state index >= 15 is 0 Å². The Morgan fingerprint density at radius 3 is 2.42 bits per heavy atom. The van der Waals surface area contributed by atoms with Crippen LogP contribution in [0.1, 0.15) is 57.1 Å². The summed E-state index contributed by atoms with van der Waals surface area (Å²) in [5.41, 5.74) is 1.67. The van der Waals surface area contributed by atoms with Gasteiger partial charge in [-0.3, -0.25) is 4.79 Å². The molecule has 0 saturated heterocycles. The molecule has 1 aliphatic carbocycles. The number of hydrogen-bond acceptors (Lipinski definition) is 2. The number of carbonyl (C=O) groups excluding carboxylic acids is 1. The predicted molar refractivity (Wildman–Crippen MR) is 77.2 cm³/mol. The maximum absolute atomic E-state index is 11.7. The van der Waals surface area contributed by atoms with Crippen molar-refractivity contribution in [2.75, 3.05) is 0 Å². The Bertz CT molecular complexity index is 439. The molecule has 19 heavy (non-hydrogen) atoms. The highest BCUT2D eigenvalue weighted by molar-refractivity contribution is 5.83. The van der Waals surface area contributed by atoms with E-state index in [-0.39, 0.29) is 11.8 Å². The first kappa shape index (κ1) is 14.3. The Morgan fingerprint density at radius 1 is 1.32 bits per heavy atom. The maximum Gasteiger partial charge on any atom is 0.136 e. The third kappa shape index (κ3) is 3.44. The zero-order valence-corrected chi connectivity index (χ0v) is 12.1. The highest BCUT2D eigenvalue weighted by Gasteiger charge is 2.25. The van der Waals surface area contributed by atoms with E-state index < -0.39 is 5.60 Å². The predicted octanol–water partition coefficient (Wildman–Crippen LogP) is 3.47. The SMILES string of the molecule is CC(c1ccc(CC2CCCC2=O)cc1)C(C)(C)O. The number of hydrogen-bond donors (Lipinski definition) is 1. The molecule has 1 saturated carbocycles. The molecule has 0 heterocycles. The molecule has 1 fully saturated rings. The smallest absolute Gasteiger partial charge is 0.136 e. The summed E-state index contributed by atoms with van der Waals surface area (Å²) in [6.45, 7) is 5.71. The van der Waals surface area contributed by atoms with Gasteiger partial charge in [-0.15, -0.1) is 0 Å². The fourth-order valence-corrected chi connectivity index (χ4v) is 2.74. The minimum Gasteiger partial charge on any atom is -0.390 e. The van der Waals surface area contributed by atoms with Crippen LogP contribution in [-0.4, -0.2) is 16.5 Å². The van der Waals surface area contributed by atoms with Crippen molar-refractivity contribution in [3.63, 3.8) is 0 Å². The molecular formula is C17H24O2. The number of Topliss-reactive ketones (excluding diaryl/α,β-unsaturated/α-hetero) is 1. The first-order chi connectivity index (χ1) is 8.88. The van der Waals surface area contributed by atoms with E-state index in [9.17, 15) is 9.90 Å². The average molecular weight is 260 g/mol. The summed E-state index contributed by atoms with van der Waals surface area (Å²) in [7, 11) is 0. The fourth-order valence-electron chi connectivity index (χ4n) is 2.74. The first-order valence-electron chi connectivity index (χ1n) is 7.22. The molecule has 1 N–H and O–H groups in total. The van der Waals surface area contributed by atoms with E-state index in [0.29, 0.717) is 5.78 Å². The van der Waals surface area contributed by atoms with Gasteiger partial charge in [0, 0.05) is 18.3 Å². The van der Waals surface area contributed by atoms with Gasteiger partial charge in [0.15, 0.2) is 0 Å². The molecule has 1 aliphatic rings. The van der Waals surface area contributed by atoms with Gasteiger partial charge in [0.1, 0.15) is 5.78 Å². The molecule has 0 aromatic heterocycles. The zero-order chi connectivity index (χ0) is 14.0. The van der Waals surface area contributed by atoms with Crippen molar-refractivity contribution in [3.8, 4) is 0 Å². The van der Waals surface area contributed by atoms with E-state index in [1.165, 1.54) is 5.56 Å². The van der Waals surface area contributed by atoms with E-state index in [4.69, 9.17) is 0 Å². The van der Waals surface area contributed by atoms with Gasteiger partial charge < -0.3 is 5.11 Å². The summed E-state index contributed by atoms with van der Waals surface area (Å²) < 4.78 is 0. The summed E-state index contributed by atoms with van der Waals surface area (Å²) in [5, 5.41) is 10.0. The molecule has 1 aromatic rings. The van der Waals surface area contributed by atoms with Gasteiger partial charge in [0.25, 0.3) is 0 Å². The highest BCUT2D eigenvalue weighted by Crippen LogP contribution is 2.29. The standard InChI is InChI=1S/C17H24O2/c1-12(17(2,3)19)14-9-7-13(8-10-14)11-15-5-4-6-16(15)18/h7-10,12,15,19H,4-6,11H2,1-3H3. The molecule has 104 valence electrons. The molecule has 0 amide bonds. The normalized spacial score (nSPS) is 21.7. The minimum absolute atomic E-state index is 0.106. The lowest BCUT2D eigenvalue weighted by atomic mass is 9.85. The van der Waals surface area contributed by atoms with E-state index in [2.05, 4.69) is 24.3 Å². The van der Waals surface area contributed by atoms with Crippen molar-refractivity contribution < 1.29 is 9.90 Å². The van der Waals surface area contributed by atoms with Crippen LogP contribution in [0.15, 0.2) is 24.3 Å². The van der Waals surface area contributed by atoms with Crippen molar-refractivity contribution in [1.29, 1.82) is 0 Å². The Kier molecular flexibility index (Phi) is 4.10. The second kappa shape index (κ2) is 5.46. The van der Waals surface area contributed by atoms with Crippen molar-refractivity contribution in [2.45, 2.75) is 58.0 Å². The highest BCUT2D eigenvalue weighted by atomic mass is 16.3. The molecule has 2 atom stereocenters. The number of ketones is 1. The van der Waals surface area contributed by atoms with E-state index in [0.717, 1.165) is 31.2 Å². The van der Waals surface area contributed by atoms with Crippen LogP contribution < -0.4 is 0 Å². The second-order valence-electron chi connectivity index (χ2n) is 6.38. The number of rotatable bonds is 4. The molecular weight excluding hydrogens is 236 g/mol. The van der Waals surface area contributed by atoms with Crippen LogP contribution in [0.4, 0.5) is 0 Å². The van der Waals surface area contributed by atoms with E-state index in [1.807, 2.05) is 20.8 Å². The molecule has 2 nitrogen and oxygen atoms in total. The molecule has 2 unspecified atom stereocenters. The zero-order valence-electron chi connectivity index (χ0n) is 12.1. The van der Waals surface area contributed by atoms with Gasteiger partial charge >= 0.3 is 0 Å². The third-order valence-electron chi connectivity index (χ3n) is 4.45. The largest absolute Gasteiger partial charge is 0.390 e. The van der Waals surface area contributed by atoms with Crippen molar-refractivity contribution >= 4 is 5.78 Å². The monoisotopic (exact) mass is 260 g/mol. The first-order valence-corrected chi connectivity index (χ1v) is 7.22. The third-order valence-corrected chi connectivity index (χ3v) is 4.45. The Morgan fingerprint density at radius 2 is 1.95 bits per heavy atom. The van der Waals surface area contributed by atoms with Gasteiger partial charge in [0.2, 0.25) is 0 Å². The van der Waals surface area contributed by atoms with E-state index in [1.54, 1.807) is 0 Å². The van der Waals surface area contributed by atoms with Crippen molar-refractivity contribution in [2.24, 2.45) is 5.92 Å². The lowest BCUT2D eigenvalue weighted by Crippen LogP contribution is -2.26. The van der Waals surface area contributed by atoms with Crippen LogP contribution >= 0.6 is 0 Å². The van der Waals surface area contributed by atoms with Crippen LogP contribution in [0.2, 0.25) is 0 Å². The van der Waals surface area contributed by atoms with Crippen LogP contribution in [0, 0.1) is 5.92 Å². The Labute approximate surface area is 115 Å². The van der Waals surface area contributed by atoms with Crippen molar-refractivity contribution in [1.82, 2.24) is 0 Å². The van der Waals surface area contributed by atoms with Crippen LogP contribution in [0.5, 0.6) is 0 Å². The fraction of sp³-hybridized carbons (Fsp3) is 0.588. The molecule has 2 heteroatoms. The molecule has 2 rings (SSSR count). The minimum atomic E-state index is -0.705. The van der Waals surface area contributed by atoms with Gasteiger partial charge in [-0.25, -0.2) is 0 Å². The Hall–Kier alpha value is -1.15. The molecule has 1 aromatic carbocycles. The number of benzene rings is 1.